The highest BCUT2D eigenvalue weighted by atomic mass is 16.3. The Labute approximate surface area is 207 Å². The van der Waals surface area contributed by atoms with E-state index in [-0.39, 0.29) is 11.8 Å². The number of anilines is 2. The molecule has 8 nitrogen and oxygen atoms in total. The Morgan fingerprint density at radius 3 is 2.61 bits per heavy atom. The van der Waals surface area contributed by atoms with E-state index in [2.05, 4.69) is 21.5 Å². The topological polar surface area (TPSA) is 93.3 Å². The number of fused-ring (bicyclic) bond motifs is 2. The van der Waals surface area contributed by atoms with Gasteiger partial charge < -0.3 is 14.6 Å². The van der Waals surface area contributed by atoms with Gasteiger partial charge in [-0.1, -0.05) is 18.2 Å². The lowest BCUT2D eigenvalue weighted by atomic mass is 10.1. The molecule has 5 aromatic rings. The molecule has 0 bridgehead atoms. The van der Waals surface area contributed by atoms with Crippen molar-refractivity contribution in [3.05, 3.63) is 95.4 Å². The summed E-state index contributed by atoms with van der Waals surface area (Å²) in [5, 5.41) is 8.09. The maximum atomic E-state index is 13.4. The molecule has 0 aliphatic carbocycles. The number of rotatable bonds is 4. The fraction of sp³-hybridized carbons (Fsp3) is 0.143. The molecule has 2 amide bonds. The summed E-state index contributed by atoms with van der Waals surface area (Å²) in [6.45, 7) is 2.52. The number of carbonyl (C=O) groups is 2. The summed E-state index contributed by atoms with van der Waals surface area (Å²) in [7, 11) is 1.80. The van der Waals surface area contributed by atoms with E-state index in [4.69, 9.17) is 4.42 Å². The predicted molar refractivity (Wildman–Crippen MR) is 137 cm³/mol. The number of aryl methyl sites for hydroxylation is 2. The lowest BCUT2D eigenvalue weighted by Crippen LogP contribution is -2.28. The van der Waals surface area contributed by atoms with E-state index in [9.17, 15) is 9.59 Å². The van der Waals surface area contributed by atoms with E-state index in [1.807, 2.05) is 25.1 Å². The van der Waals surface area contributed by atoms with Crippen molar-refractivity contribution in [2.45, 2.75) is 13.3 Å². The van der Waals surface area contributed by atoms with Crippen molar-refractivity contribution in [3.63, 3.8) is 0 Å². The number of hydrogen-bond acceptors (Lipinski definition) is 5. The molecule has 3 aromatic heterocycles. The molecule has 0 saturated heterocycles. The summed E-state index contributed by atoms with van der Waals surface area (Å²) in [5.74, 6) is 0.220. The van der Waals surface area contributed by atoms with E-state index in [1.54, 1.807) is 65.4 Å². The van der Waals surface area contributed by atoms with E-state index in [1.165, 1.54) is 5.56 Å². The van der Waals surface area contributed by atoms with Crippen LogP contribution in [-0.2, 0) is 13.5 Å². The van der Waals surface area contributed by atoms with E-state index < -0.39 is 0 Å². The standard InChI is InChI=1S/C28H23N5O3/c1-17-25-21(16-22(24-8-5-15-36-24)30-26(25)32(2)31-17)27(34)29-20-11-9-19(10-12-20)28(35)33-14-13-18-6-3-4-7-23(18)33/h3-12,15-16H,13-14H2,1-2H3,(H,29,34). The van der Waals surface area contributed by atoms with Crippen LogP contribution in [-0.4, -0.2) is 33.1 Å². The Morgan fingerprint density at radius 2 is 1.83 bits per heavy atom. The molecule has 8 heteroatoms. The van der Waals surface area contributed by atoms with Gasteiger partial charge in [0.1, 0.15) is 5.69 Å². The summed E-state index contributed by atoms with van der Waals surface area (Å²) in [6, 6.07) is 20.2. The Bertz CT molecular complexity index is 1620. The number of carbonyl (C=O) groups excluding carboxylic acids is 2. The fourth-order valence-electron chi connectivity index (χ4n) is 4.77. The SMILES string of the molecule is Cc1nn(C)c2nc(-c3ccco3)cc(C(=O)Nc3ccc(C(=O)N4CCc5ccccc54)cc3)c12. The minimum atomic E-state index is -0.293. The molecule has 1 N–H and O–H groups in total. The van der Waals surface area contributed by atoms with Crippen LogP contribution in [0.3, 0.4) is 0 Å². The number of furan rings is 1. The zero-order chi connectivity index (χ0) is 24.8. The summed E-state index contributed by atoms with van der Waals surface area (Å²) < 4.78 is 7.17. The van der Waals surface area contributed by atoms with E-state index in [0.717, 1.165) is 12.1 Å². The highest BCUT2D eigenvalue weighted by Gasteiger charge is 2.25. The van der Waals surface area contributed by atoms with Crippen LogP contribution in [0.1, 0.15) is 32.0 Å². The minimum absolute atomic E-state index is 0.0530. The van der Waals surface area contributed by atoms with Gasteiger partial charge in [0.2, 0.25) is 0 Å². The lowest BCUT2D eigenvalue weighted by Gasteiger charge is -2.17. The molecule has 36 heavy (non-hydrogen) atoms. The van der Waals surface area contributed by atoms with E-state index >= 15 is 0 Å². The van der Waals surface area contributed by atoms with Crippen LogP contribution in [0.25, 0.3) is 22.5 Å². The monoisotopic (exact) mass is 477 g/mol. The highest BCUT2D eigenvalue weighted by molar-refractivity contribution is 6.13. The Morgan fingerprint density at radius 1 is 1.03 bits per heavy atom. The van der Waals surface area contributed by atoms with Gasteiger partial charge in [-0.05, 0) is 67.4 Å². The zero-order valence-corrected chi connectivity index (χ0v) is 19.9. The largest absolute Gasteiger partial charge is 0.463 e. The molecule has 2 aromatic carbocycles. The Hall–Kier alpha value is -4.72. The van der Waals surface area contributed by atoms with Crippen molar-refractivity contribution in [2.75, 3.05) is 16.8 Å². The Kier molecular flexibility index (Phi) is 5.14. The number of para-hydroxylation sites is 1. The van der Waals surface area contributed by atoms with Crippen molar-refractivity contribution < 1.29 is 14.0 Å². The second-order valence-electron chi connectivity index (χ2n) is 8.81. The van der Waals surface area contributed by atoms with Gasteiger partial charge in [0.15, 0.2) is 11.4 Å². The maximum Gasteiger partial charge on any atom is 0.258 e. The van der Waals surface area contributed by atoms with Crippen molar-refractivity contribution in [3.8, 4) is 11.5 Å². The third-order valence-corrected chi connectivity index (χ3v) is 6.51. The molecule has 0 radical (unpaired) electrons. The third kappa shape index (κ3) is 3.63. The smallest absolute Gasteiger partial charge is 0.258 e. The number of hydrogen-bond donors (Lipinski definition) is 1. The fourth-order valence-corrected chi connectivity index (χ4v) is 4.77. The number of nitrogens with one attached hydrogen (secondary N) is 1. The number of amides is 2. The quantitative estimate of drug-likeness (QED) is 0.394. The molecule has 1 aliphatic heterocycles. The number of pyridine rings is 1. The van der Waals surface area contributed by atoms with E-state index in [0.29, 0.717) is 51.5 Å². The average molecular weight is 478 g/mol. The molecule has 0 fully saturated rings. The number of aromatic nitrogens is 3. The van der Waals surface area contributed by atoms with Gasteiger partial charge in [0.05, 0.1) is 22.9 Å². The minimum Gasteiger partial charge on any atom is -0.463 e. The normalized spacial score (nSPS) is 12.7. The predicted octanol–water partition coefficient (Wildman–Crippen LogP) is 4.99. The summed E-state index contributed by atoms with van der Waals surface area (Å²) in [4.78, 5) is 33.0. The first kappa shape index (κ1) is 21.8. The molecular formula is C28H23N5O3. The van der Waals surface area contributed by atoms with Gasteiger partial charge in [-0.25, -0.2) is 4.98 Å². The molecular weight excluding hydrogens is 454 g/mol. The van der Waals surface area contributed by atoms with Crippen LogP contribution in [0.2, 0.25) is 0 Å². The molecule has 0 saturated carbocycles. The zero-order valence-electron chi connectivity index (χ0n) is 19.9. The van der Waals surface area contributed by atoms with Crippen molar-refractivity contribution >= 4 is 34.2 Å². The molecule has 4 heterocycles. The highest BCUT2D eigenvalue weighted by Crippen LogP contribution is 2.30. The van der Waals surface area contributed by atoms with Gasteiger partial charge >= 0.3 is 0 Å². The van der Waals surface area contributed by atoms with Gasteiger partial charge in [-0.15, -0.1) is 0 Å². The lowest BCUT2D eigenvalue weighted by molar-refractivity contribution is 0.0988. The van der Waals surface area contributed by atoms with Crippen molar-refractivity contribution in [2.24, 2.45) is 7.05 Å². The maximum absolute atomic E-state index is 13.4. The summed E-state index contributed by atoms with van der Waals surface area (Å²) >= 11 is 0. The first-order valence-corrected chi connectivity index (χ1v) is 11.7. The summed E-state index contributed by atoms with van der Waals surface area (Å²) in [6.07, 6.45) is 2.42. The van der Waals surface area contributed by atoms with Crippen molar-refractivity contribution in [1.29, 1.82) is 0 Å². The molecule has 0 unspecified atom stereocenters. The van der Waals surface area contributed by atoms with Crippen molar-refractivity contribution in [1.82, 2.24) is 14.8 Å². The van der Waals surface area contributed by atoms with Crippen LogP contribution < -0.4 is 10.2 Å². The van der Waals surface area contributed by atoms with Crippen LogP contribution in [0.5, 0.6) is 0 Å². The number of nitrogens with zero attached hydrogens (tertiary/aromatic N) is 4. The first-order valence-electron chi connectivity index (χ1n) is 11.7. The van der Waals surface area contributed by atoms with Gasteiger partial charge in [-0.3, -0.25) is 14.3 Å². The summed E-state index contributed by atoms with van der Waals surface area (Å²) in [5.41, 5.74) is 5.60. The Balaban J connectivity index is 1.28. The third-order valence-electron chi connectivity index (χ3n) is 6.51. The van der Waals surface area contributed by atoms with Gasteiger partial charge in [0, 0.05) is 30.5 Å². The van der Waals surface area contributed by atoms with Crippen LogP contribution in [0.4, 0.5) is 11.4 Å². The second kappa shape index (κ2) is 8.49. The molecule has 0 spiro atoms. The van der Waals surface area contributed by atoms with Gasteiger partial charge in [-0.2, -0.15) is 5.10 Å². The molecule has 1 aliphatic rings. The second-order valence-corrected chi connectivity index (χ2v) is 8.81. The van der Waals surface area contributed by atoms with Crippen LogP contribution >= 0.6 is 0 Å². The number of benzene rings is 2. The first-order chi connectivity index (χ1) is 17.5. The van der Waals surface area contributed by atoms with Crippen LogP contribution in [0, 0.1) is 6.92 Å². The molecule has 0 atom stereocenters. The molecule has 178 valence electrons. The average Bonchev–Trinajstić information content (AvgIpc) is 3.63. The van der Waals surface area contributed by atoms with Crippen LogP contribution in [0.15, 0.2) is 77.4 Å². The molecule has 6 rings (SSSR count). The van der Waals surface area contributed by atoms with Gasteiger partial charge in [0.25, 0.3) is 11.8 Å².